The van der Waals surface area contributed by atoms with Gasteiger partial charge in [-0.2, -0.15) is 0 Å². The Morgan fingerprint density at radius 3 is 1.28 bits per heavy atom. The van der Waals surface area contributed by atoms with E-state index >= 15 is 0 Å². The summed E-state index contributed by atoms with van der Waals surface area (Å²) in [5, 5.41) is 0. The van der Waals surface area contributed by atoms with E-state index in [4.69, 9.17) is 17.2 Å². The van der Waals surface area contributed by atoms with Gasteiger partial charge in [-0.05, 0) is 0 Å². The predicted molar refractivity (Wildman–Crippen MR) is 111 cm³/mol. The summed E-state index contributed by atoms with van der Waals surface area (Å²) in [6, 6.07) is 0. The third-order valence-electron chi connectivity index (χ3n) is 2.56. The first-order chi connectivity index (χ1) is 10.9. The van der Waals surface area contributed by atoms with Crippen molar-refractivity contribution in [2.75, 3.05) is 19.6 Å². The van der Waals surface area contributed by atoms with E-state index in [1.54, 1.807) is 11.5 Å². The minimum Gasteiger partial charge on any atom is 4.00 e. The van der Waals surface area contributed by atoms with Gasteiger partial charge in [0.05, 0.1) is 0 Å². The second kappa shape index (κ2) is 21.0. The summed E-state index contributed by atoms with van der Waals surface area (Å²) in [5.41, 5.74) is 20.0. The summed E-state index contributed by atoms with van der Waals surface area (Å²) < 4.78 is 14.0. The molecule has 3 nitrogen and oxygen atoms in total. The van der Waals surface area contributed by atoms with E-state index in [1.807, 2.05) is 53.7 Å². The fourth-order valence-corrected chi connectivity index (χ4v) is 2.99. The number of halogens is 1. The maximum Gasteiger partial charge on any atom is 4.00 e. The van der Waals surface area contributed by atoms with Crippen LogP contribution in [0.5, 0.6) is 0 Å². The molecule has 0 aromatic heterocycles. The van der Waals surface area contributed by atoms with Crippen LogP contribution in [0.15, 0.2) is 16.6 Å². The van der Waals surface area contributed by atoms with Crippen molar-refractivity contribution in [1.82, 2.24) is 0 Å². The molecule has 0 unspecified atom stereocenters. The second-order valence-corrected chi connectivity index (χ2v) is 14.8. The van der Waals surface area contributed by atoms with E-state index in [0.717, 1.165) is 10.8 Å². The zero-order chi connectivity index (χ0) is 19.8. The first kappa shape index (κ1) is 33.3. The SMILES string of the molecule is CC(C)C[NH-].CC(C)C[NH-].CC(C)C[NH-].[CH3][Ge]([CH3])([F])[C]1=[C-]CC=C1.[Zr+4]. The van der Waals surface area contributed by atoms with E-state index in [0.29, 0.717) is 37.4 Å². The summed E-state index contributed by atoms with van der Waals surface area (Å²) in [4.78, 5) is 0. The fourth-order valence-electron chi connectivity index (χ4n) is 0.813. The van der Waals surface area contributed by atoms with Crippen molar-refractivity contribution < 1.29 is 29.7 Å². The molecule has 1 aliphatic rings. The number of hydrogen-bond acceptors (Lipinski definition) is 0. The maximum absolute atomic E-state index is 13.1. The van der Waals surface area contributed by atoms with Gasteiger partial charge in [0.1, 0.15) is 0 Å². The van der Waals surface area contributed by atoms with Crippen molar-refractivity contribution in [3.8, 4) is 0 Å². The van der Waals surface area contributed by atoms with Gasteiger partial charge >= 0.3 is 84.0 Å². The zero-order valence-electron chi connectivity index (χ0n) is 17.6. The average molecular weight is 493 g/mol. The van der Waals surface area contributed by atoms with Gasteiger partial charge in [-0.3, -0.25) is 0 Å². The van der Waals surface area contributed by atoms with E-state index < -0.39 is 13.7 Å². The monoisotopic (exact) mass is 493 g/mol. The van der Waals surface area contributed by atoms with Gasteiger partial charge in [0.2, 0.25) is 0 Å². The van der Waals surface area contributed by atoms with Crippen molar-refractivity contribution >= 4 is 13.7 Å². The van der Waals surface area contributed by atoms with Gasteiger partial charge in [0, 0.05) is 0 Å². The summed E-state index contributed by atoms with van der Waals surface area (Å²) in [7, 11) is 0. The molecule has 0 heterocycles. The minimum atomic E-state index is -2.96. The number of hydrogen-bond donors (Lipinski definition) is 0. The molecule has 0 atom stereocenters. The van der Waals surface area contributed by atoms with Gasteiger partial charge in [-0.1, -0.05) is 59.3 Å². The molecule has 0 spiro atoms. The van der Waals surface area contributed by atoms with E-state index in [1.165, 1.54) is 0 Å². The zero-order valence-corrected chi connectivity index (χ0v) is 22.1. The molecule has 0 bridgehead atoms. The van der Waals surface area contributed by atoms with Crippen molar-refractivity contribution in [3.63, 3.8) is 0 Å². The van der Waals surface area contributed by atoms with Crippen LogP contribution >= 0.6 is 0 Å². The number of nitrogens with one attached hydrogen (secondary N) is 3. The van der Waals surface area contributed by atoms with Crippen LogP contribution < -0.4 is 0 Å². The smallest absolute Gasteiger partial charge is 4.00 e. The standard InChI is InChI=1S/C7H10FGe.3C4H10N.Zr/c1-9(2,8)7-5-3-4-6-7;3*1-4(2)3-5;/h3,5H,4H2,1-2H3;3*4-5H,3H2,1-2H3;/q4*-1;+4. The molecule has 1 aliphatic carbocycles. The van der Waals surface area contributed by atoms with Crippen molar-refractivity contribution in [2.45, 2.75) is 59.5 Å². The maximum atomic E-state index is 13.1. The number of rotatable bonds is 4. The van der Waals surface area contributed by atoms with Crippen LogP contribution in [0.3, 0.4) is 0 Å². The van der Waals surface area contributed by atoms with Crippen LogP contribution in [0.2, 0.25) is 11.5 Å². The molecule has 0 radical (unpaired) electrons. The molecule has 0 amide bonds. The molecule has 1 rings (SSSR count). The van der Waals surface area contributed by atoms with Crippen LogP contribution in [0, 0.1) is 23.8 Å². The van der Waals surface area contributed by atoms with Crippen molar-refractivity contribution in [2.24, 2.45) is 17.8 Å². The summed E-state index contributed by atoms with van der Waals surface area (Å²) in [6.07, 6.45) is 7.66. The van der Waals surface area contributed by atoms with Crippen LogP contribution in [0.1, 0.15) is 48.0 Å². The van der Waals surface area contributed by atoms with E-state index in [-0.39, 0.29) is 26.2 Å². The van der Waals surface area contributed by atoms with Crippen LogP contribution in [0.25, 0.3) is 17.2 Å². The topological polar surface area (TPSA) is 71.4 Å². The van der Waals surface area contributed by atoms with Crippen molar-refractivity contribution in [3.05, 3.63) is 39.8 Å². The van der Waals surface area contributed by atoms with Gasteiger partial charge < -0.3 is 17.2 Å². The predicted octanol–water partition coefficient (Wildman–Crippen LogP) is 7.47. The van der Waals surface area contributed by atoms with Crippen molar-refractivity contribution in [1.29, 1.82) is 0 Å². The Labute approximate surface area is 179 Å². The molecule has 146 valence electrons. The molecular formula is C19H40FGeN3Zr. The quantitative estimate of drug-likeness (QED) is 0.288. The van der Waals surface area contributed by atoms with Crippen LogP contribution in [-0.2, 0) is 26.2 Å². The van der Waals surface area contributed by atoms with E-state index in [2.05, 4.69) is 6.08 Å². The summed E-state index contributed by atoms with van der Waals surface area (Å²) >= 11 is -2.96. The summed E-state index contributed by atoms with van der Waals surface area (Å²) in [5.74, 6) is 5.12. The third-order valence-corrected chi connectivity index (χ3v) is 5.97. The molecular weight excluding hydrogens is 453 g/mol. The van der Waals surface area contributed by atoms with Gasteiger partial charge in [0.15, 0.2) is 0 Å². The van der Waals surface area contributed by atoms with Crippen LogP contribution in [0.4, 0.5) is 3.50 Å². The first-order valence-electron chi connectivity index (χ1n) is 8.82. The molecule has 0 saturated carbocycles. The normalized spacial score (nSPS) is 12.4. The first-order valence-corrected chi connectivity index (χ1v) is 14.9. The van der Waals surface area contributed by atoms with Crippen LogP contribution in [-0.4, -0.2) is 33.4 Å². The Balaban J connectivity index is -0.000000122. The Kier molecular flexibility index (Phi) is 28.0. The van der Waals surface area contributed by atoms with Gasteiger partial charge in [-0.25, -0.2) is 0 Å². The molecule has 0 saturated heterocycles. The molecule has 25 heavy (non-hydrogen) atoms. The van der Waals surface area contributed by atoms with Gasteiger partial charge in [-0.15, -0.1) is 19.6 Å². The number of allylic oxidation sites excluding steroid dienone is 4. The Morgan fingerprint density at radius 1 is 0.920 bits per heavy atom. The summed E-state index contributed by atoms with van der Waals surface area (Å²) in [6.45, 7) is 13.9. The molecule has 0 aliphatic heterocycles. The average Bonchev–Trinajstić information content (AvgIpc) is 3.03. The van der Waals surface area contributed by atoms with Gasteiger partial charge in [0.25, 0.3) is 0 Å². The minimum absolute atomic E-state index is 0. The molecule has 6 heteroatoms. The molecule has 3 N–H and O–H groups in total. The Hall–Kier alpha value is 0.716. The second-order valence-electron chi connectivity index (χ2n) is 7.46. The van der Waals surface area contributed by atoms with E-state index in [9.17, 15) is 3.50 Å². The Morgan fingerprint density at radius 2 is 1.20 bits per heavy atom. The largest absolute Gasteiger partial charge is 4.00 e. The fraction of sp³-hybridized carbons (Fsp3) is 0.789. The molecule has 0 aromatic carbocycles. The molecule has 0 aromatic rings. The third kappa shape index (κ3) is 32.8. The Bertz CT molecular complexity index is 306. The molecule has 0 fully saturated rings.